The number of aromatic nitrogens is 4. The fourth-order valence-electron chi connectivity index (χ4n) is 3.75. The van der Waals surface area contributed by atoms with Gasteiger partial charge in [0.1, 0.15) is 0 Å². The minimum Gasteiger partial charge on any atom is -0.321 e. The average Bonchev–Trinajstić information content (AvgIpc) is 3.03. The number of benzene rings is 1. The molecule has 154 valence electrons. The molecule has 2 aromatic heterocycles. The molecule has 4 rings (SSSR count). The van der Waals surface area contributed by atoms with Crippen molar-refractivity contribution in [2.24, 2.45) is 7.05 Å². The van der Waals surface area contributed by atoms with E-state index in [9.17, 15) is 13.2 Å². The van der Waals surface area contributed by atoms with Gasteiger partial charge in [-0.1, -0.05) is 11.6 Å². The number of likely N-dealkylation sites (tertiary alicyclic amines) is 1. The third-order valence-corrected chi connectivity index (χ3v) is 5.64. The Labute approximate surface area is 170 Å². The first-order valence-corrected chi connectivity index (χ1v) is 9.61. The Hall–Kier alpha value is -2.39. The summed E-state index contributed by atoms with van der Waals surface area (Å²) in [6.07, 6.45) is 0.130. The Morgan fingerprint density at radius 2 is 1.86 bits per heavy atom. The van der Waals surface area contributed by atoms with Gasteiger partial charge in [-0.15, -0.1) is 0 Å². The van der Waals surface area contributed by atoms with Crippen molar-refractivity contribution >= 4 is 34.1 Å². The molecule has 0 radical (unpaired) electrons. The Bertz CT molecular complexity index is 1040. The Morgan fingerprint density at radius 1 is 1.14 bits per heavy atom. The third-order valence-electron chi connectivity index (χ3n) is 5.31. The van der Waals surface area contributed by atoms with Crippen molar-refractivity contribution in [1.82, 2.24) is 24.6 Å². The van der Waals surface area contributed by atoms with E-state index in [1.165, 1.54) is 7.05 Å². The second-order valence-corrected chi connectivity index (χ2v) is 7.76. The van der Waals surface area contributed by atoms with Crippen LogP contribution in [-0.2, 0) is 13.2 Å². The van der Waals surface area contributed by atoms with Crippen molar-refractivity contribution in [3.8, 4) is 0 Å². The van der Waals surface area contributed by atoms with Crippen LogP contribution in [-0.4, -0.2) is 44.8 Å². The molecule has 3 aromatic rings. The first-order chi connectivity index (χ1) is 13.7. The second-order valence-electron chi connectivity index (χ2n) is 7.36. The molecule has 0 bridgehead atoms. The summed E-state index contributed by atoms with van der Waals surface area (Å²) in [5.74, 6) is 0.414. The summed E-state index contributed by atoms with van der Waals surface area (Å²) in [4.78, 5) is 10.8. The van der Waals surface area contributed by atoms with Crippen molar-refractivity contribution in [2.75, 3.05) is 25.5 Å². The molecule has 0 aliphatic carbocycles. The van der Waals surface area contributed by atoms with Crippen molar-refractivity contribution in [3.63, 3.8) is 0 Å². The van der Waals surface area contributed by atoms with Gasteiger partial charge in [-0.2, -0.15) is 18.3 Å². The van der Waals surface area contributed by atoms with Gasteiger partial charge in [-0.25, -0.2) is 9.97 Å². The predicted octanol–water partition coefficient (Wildman–Crippen LogP) is 4.59. The van der Waals surface area contributed by atoms with Crippen molar-refractivity contribution in [3.05, 3.63) is 40.8 Å². The molecule has 1 saturated heterocycles. The van der Waals surface area contributed by atoms with E-state index >= 15 is 0 Å². The number of alkyl halides is 3. The molecule has 1 aliphatic rings. The lowest BCUT2D eigenvalue weighted by Gasteiger charge is -2.29. The summed E-state index contributed by atoms with van der Waals surface area (Å²) in [5.41, 5.74) is 0.584. The molecule has 6 nitrogen and oxygen atoms in total. The summed E-state index contributed by atoms with van der Waals surface area (Å²) in [5, 5.41) is 7.74. The highest BCUT2D eigenvalue weighted by molar-refractivity contribution is 6.32. The molecule has 0 atom stereocenters. The number of aryl methyl sites for hydroxylation is 1. The average molecular weight is 425 g/mol. The van der Waals surface area contributed by atoms with Crippen molar-refractivity contribution in [1.29, 1.82) is 0 Å². The monoisotopic (exact) mass is 424 g/mol. The van der Waals surface area contributed by atoms with Gasteiger partial charge in [0.05, 0.1) is 17.4 Å². The minimum atomic E-state index is -4.54. The maximum absolute atomic E-state index is 13.3. The van der Waals surface area contributed by atoms with Gasteiger partial charge in [-0.3, -0.25) is 4.68 Å². The molecule has 0 saturated carbocycles. The summed E-state index contributed by atoms with van der Waals surface area (Å²) >= 11 is 6.50. The zero-order valence-electron chi connectivity index (χ0n) is 16.0. The van der Waals surface area contributed by atoms with Crippen LogP contribution in [0, 0.1) is 0 Å². The summed E-state index contributed by atoms with van der Waals surface area (Å²) in [6, 6.07) is 3.74. The molecule has 1 fully saturated rings. The summed E-state index contributed by atoms with van der Waals surface area (Å²) in [7, 11) is 3.34. The molecular formula is C19H20ClF3N6. The number of halogens is 4. The SMILES string of the molecule is CN1CCC(c2cc3nc(Nc4cnn(C)c4C(F)(F)F)ncc3cc2Cl)CC1. The lowest BCUT2D eigenvalue weighted by atomic mass is 9.89. The predicted molar refractivity (Wildman–Crippen MR) is 106 cm³/mol. The van der Waals surface area contributed by atoms with E-state index in [1.807, 2.05) is 12.1 Å². The highest BCUT2D eigenvalue weighted by atomic mass is 35.5. The number of piperidine rings is 1. The number of nitrogens with one attached hydrogen (secondary N) is 1. The van der Waals surface area contributed by atoms with E-state index in [2.05, 4.69) is 32.3 Å². The fraction of sp³-hybridized carbons (Fsp3) is 0.421. The van der Waals surface area contributed by atoms with E-state index in [-0.39, 0.29) is 11.6 Å². The zero-order valence-corrected chi connectivity index (χ0v) is 16.7. The van der Waals surface area contributed by atoms with Gasteiger partial charge in [0, 0.05) is 23.7 Å². The maximum Gasteiger partial charge on any atom is 0.435 e. The van der Waals surface area contributed by atoms with Crippen LogP contribution >= 0.6 is 11.6 Å². The largest absolute Gasteiger partial charge is 0.435 e. The molecule has 0 amide bonds. The van der Waals surface area contributed by atoms with E-state index in [0.717, 1.165) is 47.8 Å². The zero-order chi connectivity index (χ0) is 20.8. The molecule has 29 heavy (non-hydrogen) atoms. The van der Waals surface area contributed by atoms with E-state index in [4.69, 9.17) is 11.6 Å². The van der Waals surface area contributed by atoms with Crippen LogP contribution in [0.15, 0.2) is 24.5 Å². The molecule has 10 heteroatoms. The quantitative estimate of drug-likeness (QED) is 0.666. The van der Waals surface area contributed by atoms with Gasteiger partial charge >= 0.3 is 6.18 Å². The number of anilines is 2. The van der Waals surface area contributed by atoms with Gasteiger partial charge in [-0.05, 0) is 56.6 Å². The number of hydrogen-bond donors (Lipinski definition) is 1. The highest BCUT2D eigenvalue weighted by Crippen LogP contribution is 2.37. The Morgan fingerprint density at radius 3 is 2.55 bits per heavy atom. The Balaban J connectivity index is 1.67. The smallest absolute Gasteiger partial charge is 0.321 e. The van der Waals surface area contributed by atoms with Crippen LogP contribution in [0.1, 0.15) is 30.0 Å². The van der Waals surface area contributed by atoms with Crippen LogP contribution in [0.2, 0.25) is 5.02 Å². The summed E-state index contributed by atoms with van der Waals surface area (Å²) < 4.78 is 40.6. The molecule has 1 aromatic carbocycles. The van der Waals surface area contributed by atoms with Crippen molar-refractivity contribution < 1.29 is 13.2 Å². The lowest BCUT2D eigenvalue weighted by Crippen LogP contribution is -2.29. The van der Waals surface area contributed by atoms with Gasteiger partial charge in [0.15, 0.2) is 5.69 Å². The second kappa shape index (κ2) is 7.46. The van der Waals surface area contributed by atoms with E-state index in [1.54, 1.807) is 6.20 Å². The molecular weight excluding hydrogens is 405 g/mol. The minimum absolute atomic E-state index is 0.0765. The molecule has 0 unspecified atom stereocenters. The first kappa shape index (κ1) is 19.9. The number of nitrogens with zero attached hydrogens (tertiary/aromatic N) is 5. The van der Waals surface area contributed by atoms with Gasteiger partial charge < -0.3 is 10.2 Å². The standard InChI is InChI=1S/C19H20ClF3N6/c1-28-5-3-11(4-6-28)13-8-15-12(7-14(13)20)9-24-18(26-15)27-16-10-25-29(2)17(16)19(21,22)23/h7-11H,3-6H2,1-2H3,(H,24,26,27). The van der Waals surface area contributed by atoms with Crippen LogP contribution in [0.25, 0.3) is 10.9 Å². The van der Waals surface area contributed by atoms with E-state index in [0.29, 0.717) is 16.5 Å². The molecule has 3 heterocycles. The van der Waals surface area contributed by atoms with Crippen molar-refractivity contribution in [2.45, 2.75) is 24.9 Å². The van der Waals surface area contributed by atoms with E-state index < -0.39 is 11.9 Å². The number of fused-ring (bicyclic) bond motifs is 1. The topological polar surface area (TPSA) is 58.9 Å². The Kier molecular flexibility index (Phi) is 5.12. The first-order valence-electron chi connectivity index (χ1n) is 9.23. The lowest BCUT2D eigenvalue weighted by molar-refractivity contribution is -0.143. The van der Waals surface area contributed by atoms with Gasteiger partial charge in [0.25, 0.3) is 0 Å². The third kappa shape index (κ3) is 4.02. The van der Waals surface area contributed by atoms with Crippen LogP contribution in [0.5, 0.6) is 0 Å². The van der Waals surface area contributed by atoms with Crippen LogP contribution in [0.4, 0.5) is 24.8 Å². The number of hydrogen-bond acceptors (Lipinski definition) is 5. The molecule has 1 aliphatic heterocycles. The molecule has 1 N–H and O–H groups in total. The highest BCUT2D eigenvalue weighted by Gasteiger charge is 2.37. The fourth-order valence-corrected chi connectivity index (χ4v) is 4.07. The maximum atomic E-state index is 13.3. The van der Waals surface area contributed by atoms with Crippen LogP contribution in [0.3, 0.4) is 0 Å². The van der Waals surface area contributed by atoms with Crippen LogP contribution < -0.4 is 5.32 Å². The summed E-state index contributed by atoms with van der Waals surface area (Å²) in [6.45, 7) is 1.99. The molecule has 0 spiro atoms. The number of rotatable bonds is 3. The normalized spacial score (nSPS) is 16.5. The van der Waals surface area contributed by atoms with Gasteiger partial charge in [0.2, 0.25) is 5.95 Å².